The van der Waals surface area contributed by atoms with E-state index in [2.05, 4.69) is 15.5 Å². The highest BCUT2D eigenvalue weighted by Crippen LogP contribution is 2.35. The number of rotatable bonds is 6. The van der Waals surface area contributed by atoms with Crippen LogP contribution >= 0.6 is 0 Å². The maximum absolute atomic E-state index is 11.8. The van der Waals surface area contributed by atoms with Crippen LogP contribution in [0.2, 0.25) is 0 Å². The highest BCUT2D eigenvalue weighted by molar-refractivity contribution is 5.91. The number of hydrogen-bond donors (Lipinski definition) is 1. The summed E-state index contributed by atoms with van der Waals surface area (Å²) in [6.07, 6.45) is 6.79. The Morgan fingerprint density at radius 3 is 3.04 bits per heavy atom. The second-order valence-electron chi connectivity index (χ2n) is 5.29. The van der Waals surface area contributed by atoms with Gasteiger partial charge < -0.3 is 9.88 Å². The molecule has 1 amide bonds. The van der Waals surface area contributed by atoms with Gasteiger partial charge >= 0.3 is 0 Å². The van der Waals surface area contributed by atoms with E-state index in [4.69, 9.17) is 0 Å². The van der Waals surface area contributed by atoms with Crippen molar-refractivity contribution in [1.82, 2.24) is 20.1 Å². The topological polar surface area (TPSA) is 103 Å². The first kappa shape index (κ1) is 14.9. The summed E-state index contributed by atoms with van der Waals surface area (Å²) in [6.45, 7) is 0.300. The van der Waals surface area contributed by atoms with E-state index >= 15 is 0 Å². The van der Waals surface area contributed by atoms with Gasteiger partial charge in [-0.15, -0.1) is 10.2 Å². The van der Waals surface area contributed by atoms with Crippen molar-refractivity contribution >= 4 is 17.7 Å². The lowest BCUT2D eigenvalue weighted by molar-refractivity contribution is -0.384. The van der Waals surface area contributed by atoms with Crippen LogP contribution < -0.4 is 5.32 Å². The number of aromatic nitrogens is 3. The van der Waals surface area contributed by atoms with Crippen LogP contribution in [0.3, 0.4) is 0 Å². The Labute approximate surface area is 132 Å². The summed E-state index contributed by atoms with van der Waals surface area (Å²) in [7, 11) is 0. The van der Waals surface area contributed by atoms with Crippen LogP contribution in [-0.2, 0) is 11.3 Å². The molecular weight excluding hydrogens is 298 g/mol. The van der Waals surface area contributed by atoms with E-state index in [1.807, 2.05) is 4.57 Å². The fraction of sp³-hybridized carbons (Fsp3) is 0.267. The van der Waals surface area contributed by atoms with Crippen LogP contribution in [0, 0.1) is 10.1 Å². The standard InChI is InChI=1S/C15H15N5O3/c21-15(7-4-11-2-1-3-13(8-11)20(22)23)16-9-14-18-17-10-19(14)12-5-6-12/h1-4,7-8,10,12H,5-6,9H2,(H,16,21)/b7-4-. The average Bonchev–Trinajstić information content (AvgIpc) is 3.29. The van der Waals surface area contributed by atoms with Gasteiger partial charge in [0.2, 0.25) is 5.91 Å². The fourth-order valence-electron chi connectivity index (χ4n) is 2.19. The zero-order valence-corrected chi connectivity index (χ0v) is 12.3. The molecule has 23 heavy (non-hydrogen) atoms. The summed E-state index contributed by atoms with van der Waals surface area (Å²) in [5.41, 5.74) is 0.584. The summed E-state index contributed by atoms with van der Waals surface area (Å²) in [5, 5.41) is 21.3. The molecule has 1 aromatic heterocycles. The molecule has 0 aliphatic heterocycles. The highest BCUT2D eigenvalue weighted by atomic mass is 16.6. The number of amides is 1. The molecule has 1 heterocycles. The van der Waals surface area contributed by atoms with Crippen LogP contribution in [-0.4, -0.2) is 25.6 Å². The van der Waals surface area contributed by atoms with Crippen molar-refractivity contribution in [3.8, 4) is 0 Å². The molecular formula is C15H15N5O3. The Morgan fingerprint density at radius 2 is 2.30 bits per heavy atom. The van der Waals surface area contributed by atoms with Crippen LogP contribution in [0.1, 0.15) is 30.3 Å². The molecule has 8 heteroatoms. The van der Waals surface area contributed by atoms with Crippen molar-refractivity contribution in [1.29, 1.82) is 0 Å². The van der Waals surface area contributed by atoms with Gasteiger partial charge in [0.05, 0.1) is 11.5 Å². The van der Waals surface area contributed by atoms with Crippen molar-refractivity contribution < 1.29 is 9.72 Å². The van der Waals surface area contributed by atoms with Crippen molar-refractivity contribution in [2.75, 3.05) is 0 Å². The monoisotopic (exact) mass is 313 g/mol. The number of benzene rings is 1. The predicted octanol–water partition coefficient (Wildman–Crippen LogP) is 1.85. The lowest BCUT2D eigenvalue weighted by atomic mass is 10.2. The first-order chi connectivity index (χ1) is 11.1. The maximum Gasteiger partial charge on any atom is 0.270 e. The second kappa shape index (κ2) is 6.39. The minimum absolute atomic E-state index is 0.00917. The SMILES string of the molecule is O=C(/C=C\c1cccc([N+](=O)[O-])c1)NCc1nncn1C1CC1. The van der Waals surface area contributed by atoms with E-state index in [1.54, 1.807) is 18.5 Å². The second-order valence-corrected chi connectivity index (χ2v) is 5.29. The number of nitro benzene ring substituents is 1. The Kier molecular flexibility index (Phi) is 4.13. The molecule has 118 valence electrons. The first-order valence-corrected chi connectivity index (χ1v) is 7.22. The molecule has 0 spiro atoms. The molecule has 1 N–H and O–H groups in total. The van der Waals surface area contributed by atoms with Crippen molar-refractivity contribution in [3.05, 3.63) is 58.2 Å². The van der Waals surface area contributed by atoms with Gasteiger partial charge in [-0.3, -0.25) is 14.9 Å². The Morgan fingerprint density at radius 1 is 1.48 bits per heavy atom. The summed E-state index contributed by atoms with van der Waals surface area (Å²) < 4.78 is 1.98. The molecule has 0 unspecified atom stereocenters. The first-order valence-electron chi connectivity index (χ1n) is 7.22. The van der Waals surface area contributed by atoms with E-state index < -0.39 is 4.92 Å². The van der Waals surface area contributed by atoms with Gasteiger partial charge in [0.1, 0.15) is 6.33 Å². The average molecular weight is 313 g/mol. The molecule has 8 nitrogen and oxygen atoms in total. The summed E-state index contributed by atoms with van der Waals surface area (Å²) in [4.78, 5) is 22.1. The normalized spacial score (nSPS) is 14.1. The number of non-ortho nitro benzene ring substituents is 1. The Bertz CT molecular complexity index is 764. The molecule has 1 aromatic carbocycles. The van der Waals surface area contributed by atoms with Crippen molar-refractivity contribution in [3.63, 3.8) is 0 Å². The quantitative estimate of drug-likeness (QED) is 0.498. The van der Waals surface area contributed by atoms with Crippen LogP contribution in [0.5, 0.6) is 0 Å². The fourth-order valence-corrected chi connectivity index (χ4v) is 2.19. The van der Waals surface area contributed by atoms with E-state index in [0.29, 0.717) is 18.2 Å². The van der Waals surface area contributed by atoms with Crippen LogP contribution in [0.4, 0.5) is 5.69 Å². The number of hydrogen-bond acceptors (Lipinski definition) is 5. The Balaban J connectivity index is 1.57. The summed E-state index contributed by atoms with van der Waals surface area (Å²) in [6, 6.07) is 6.54. The molecule has 2 aromatic rings. The summed E-state index contributed by atoms with van der Waals surface area (Å²) in [5.74, 6) is 0.437. The van der Waals surface area contributed by atoms with E-state index in [9.17, 15) is 14.9 Å². The number of nitrogens with zero attached hydrogens (tertiary/aromatic N) is 4. The molecule has 1 saturated carbocycles. The van der Waals surface area contributed by atoms with Gasteiger partial charge in [-0.2, -0.15) is 0 Å². The smallest absolute Gasteiger partial charge is 0.270 e. The Hall–Kier alpha value is -3.03. The minimum Gasteiger partial charge on any atom is -0.345 e. The third-order valence-electron chi connectivity index (χ3n) is 3.52. The van der Waals surface area contributed by atoms with E-state index in [1.165, 1.54) is 24.3 Å². The highest BCUT2D eigenvalue weighted by Gasteiger charge is 2.25. The molecule has 0 bridgehead atoms. The van der Waals surface area contributed by atoms with E-state index in [0.717, 1.165) is 18.7 Å². The third kappa shape index (κ3) is 3.79. The summed E-state index contributed by atoms with van der Waals surface area (Å²) >= 11 is 0. The molecule has 3 rings (SSSR count). The lowest BCUT2D eigenvalue weighted by Crippen LogP contribution is -2.22. The van der Waals surface area contributed by atoms with Crippen molar-refractivity contribution in [2.24, 2.45) is 0 Å². The van der Waals surface area contributed by atoms with Gasteiger partial charge in [-0.25, -0.2) is 0 Å². The van der Waals surface area contributed by atoms with Gasteiger partial charge in [0.25, 0.3) is 5.69 Å². The zero-order valence-electron chi connectivity index (χ0n) is 12.3. The number of carbonyl (C=O) groups excluding carboxylic acids is 1. The number of nitrogens with one attached hydrogen (secondary N) is 1. The zero-order chi connectivity index (χ0) is 16.2. The number of carbonyl (C=O) groups is 1. The van der Waals surface area contributed by atoms with E-state index in [-0.39, 0.29) is 11.6 Å². The molecule has 0 saturated heterocycles. The predicted molar refractivity (Wildman–Crippen MR) is 82.3 cm³/mol. The minimum atomic E-state index is -0.470. The molecule has 1 fully saturated rings. The van der Waals surface area contributed by atoms with Crippen molar-refractivity contribution in [2.45, 2.75) is 25.4 Å². The van der Waals surface area contributed by atoms with Gasteiger partial charge in [-0.1, -0.05) is 12.1 Å². The third-order valence-corrected chi connectivity index (χ3v) is 3.52. The molecule has 0 atom stereocenters. The van der Waals surface area contributed by atoms with Gasteiger partial charge in [0.15, 0.2) is 5.82 Å². The lowest BCUT2D eigenvalue weighted by Gasteiger charge is -2.04. The number of nitro groups is 1. The van der Waals surface area contributed by atoms with Gasteiger partial charge in [-0.05, 0) is 24.5 Å². The largest absolute Gasteiger partial charge is 0.345 e. The molecule has 0 radical (unpaired) electrons. The molecule has 1 aliphatic carbocycles. The van der Waals surface area contributed by atoms with Gasteiger partial charge in [0, 0.05) is 24.3 Å². The maximum atomic E-state index is 11.8. The van der Waals surface area contributed by atoms with Crippen LogP contribution in [0.15, 0.2) is 36.7 Å². The van der Waals surface area contributed by atoms with Crippen LogP contribution in [0.25, 0.3) is 6.08 Å². The molecule has 1 aliphatic rings.